The Balaban J connectivity index is 1.59. The molecule has 0 heterocycles. The van der Waals surface area contributed by atoms with Crippen LogP contribution in [0.25, 0.3) is 0 Å². The van der Waals surface area contributed by atoms with Crippen LogP contribution in [0.3, 0.4) is 0 Å². The normalized spacial score (nSPS) is 12.3. The van der Waals surface area contributed by atoms with E-state index in [2.05, 4.69) is 10.6 Å². The van der Waals surface area contributed by atoms with E-state index in [1.54, 1.807) is 60.7 Å². The Morgan fingerprint density at radius 3 is 1.22 bits per heavy atom. The molecule has 0 amide bonds. The van der Waals surface area contributed by atoms with Gasteiger partial charge in [0.1, 0.15) is 0 Å². The molecule has 0 atom stereocenters. The Morgan fingerprint density at radius 1 is 0.444 bits per heavy atom. The van der Waals surface area contributed by atoms with E-state index < -0.39 is 0 Å². The molecule has 2 N–H and O–H groups in total. The molecule has 0 aromatic heterocycles. The molecule has 10 heteroatoms. The van der Waals surface area contributed by atoms with E-state index in [0.29, 0.717) is 32.8 Å². The highest BCUT2D eigenvalue weighted by atomic mass is 35.5. The smallest absolute Gasteiger partial charge is 0.196 e. The largest absolute Gasteiger partial charge is 0.354 e. The fourth-order valence-electron chi connectivity index (χ4n) is 3.99. The number of ketones is 2. The van der Waals surface area contributed by atoms with Gasteiger partial charge in [0.2, 0.25) is 0 Å². The Morgan fingerprint density at radius 2 is 0.833 bits per heavy atom. The van der Waals surface area contributed by atoms with Crippen LogP contribution in [-0.2, 0) is 0 Å². The molecule has 0 saturated heterocycles. The van der Waals surface area contributed by atoms with Crippen molar-refractivity contribution in [2.75, 3.05) is 10.6 Å². The molecular formula is C26H12Cl6N2O2. The number of benzene rings is 4. The SMILES string of the molecule is O=C1c2cccc(Nc3ccc(Cl)c(Cl)c3Cl)c2C(=O)c2cccc(Nc3ccc(Cl)c(Cl)c3Cl)c21. The van der Waals surface area contributed by atoms with Crippen LogP contribution in [0.4, 0.5) is 22.7 Å². The fourth-order valence-corrected chi connectivity index (χ4v) is 5.15. The minimum atomic E-state index is -0.331. The Labute approximate surface area is 236 Å². The van der Waals surface area contributed by atoms with Gasteiger partial charge in [-0.05, 0) is 36.4 Å². The lowest BCUT2D eigenvalue weighted by Gasteiger charge is -2.23. The van der Waals surface area contributed by atoms with Gasteiger partial charge >= 0.3 is 0 Å². The lowest BCUT2D eigenvalue weighted by atomic mass is 9.82. The maximum absolute atomic E-state index is 13.7. The Bertz CT molecular complexity index is 1480. The fraction of sp³-hybridized carbons (Fsp3) is 0. The van der Waals surface area contributed by atoms with Crippen LogP contribution in [0.2, 0.25) is 30.1 Å². The lowest BCUT2D eigenvalue weighted by molar-refractivity contribution is 0.0980. The highest BCUT2D eigenvalue weighted by Gasteiger charge is 2.34. The summed E-state index contributed by atoms with van der Waals surface area (Å²) in [7, 11) is 0. The van der Waals surface area contributed by atoms with E-state index >= 15 is 0 Å². The molecule has 0 radical (unpaired) electrons. The first kappa shape index (κ1) is 25.2. The van der Waals surface area contributed by atoms with E-state index in [1.165, 1.54) is 0 Å². The number of fused-ring (bicyclic) bond motifs is 2. The number of rotatable bonds is 4. The summed E-state index contributed by atoms with van der Waals surface area (Å²) in [6, 6.07) is 16.4. The molecule has 0 bridgehead atoms. The summed E-state index contributed by atoms with van der Waals surface area (Å²) < 4.78 is 0. The first-order valence-electron chi connectivity index (χ1n) is 10.4. The topological polar surface area (TPSA) is 58.2 Å². The maximum Gasteiger partial charge on any atom is 0.196 e. The molecule has 4 aromatic carbocycles. The standard InChI is InChI=1S/C26H12Cl6N2O2/c27-13-7-9-17(23(31)21(13)29)33-15-5-1-3-11-19(15)26(36)12-4-2-6-16(20(12)25(11)35)34-18-10-8-14(28)22(30)24(18)32/h1-10,33-34H. The van der Waals surface area contributed by atoms with Crippen molar-refractivity contribution < 1.29 is 9.59 Å². The van der Waals surface area contributed by atoms with Gasteiger partial charge in [0, 0.05) is 11.1 Å². The zero-order chi connectivity index (χ0) is 25.7. The van der Waals surface area contributed by atoms with Crippen molar-refractivity contribution in [1.82, 2.24) is 0 Å². The van der Waals surface area contributed by atoms with Crippen LogP contribution in [0.5, 0.6) is 0 Å². The van der Waals surface area contributed by atoms with E-state index in [9.17, 15) is 9.59 Å². The molecule has 0 fully saturated rings. The molecule has 180 valence electrons. The number of hydrogen-bond donors (Lipinski definition) is 2. The molecule has 0 unspecified atom stereocenters. The van der Waals surface area contributed by atoms with Crippen molar-refractivity contribution in [2.24, 2.45) is 0 Å². The molecule has 0 spiro atoms. The summed E-state index contributed by atoms with van der Waals surface area (Å²) in [4.78, 5) is 27.4. The molecular weight excluding hydrogens is 585 g/mol. The first-order valence-corrected chi connectivity index (χ1v) is 12.6. The highest BCUT2D eigenvalue weighted by molar-refractivity contribution is 6.50. The van der Waals surface area contributed by atoms with Gasteiger partial charge in [-0.3, -0.25) is 9.59 Å². The number of halogens is 6. The van der Waals surface area contributed by atoms with Crippen molar-refractivity contribution >= 4 is 104 Å². The van der Waals surface area contributed by atoms with Crippen molar-refractivity contribution in [2.45, 2.75) is 0 Å². The van der Waals surface area contributed by atoms with Gasteiger partial charge in [0.15, 0.2) is 11.6 Å². The molecule has 36 heavy (non-hydrogen) atoms. The zero-order valence-corrected chi connectivity index (χ0v) is 22.4. The Kier molecular flexibility index (Phi) is 6.86. The van der Waals surface area contributed by atoms with Crippen LogP contribution < -0.4 is 10.6 Å². The monoisotopic (exact) mass is 594 g/mol. The third-order valence-corrected chi connectivity index (χ3v) is 8.27. The Hall–Kier alpha value is -2.44. The summed E-state index contributed by atoms with van der Waals surface area (Å²) >= 11 is 37.1. The molecule has 0 aliphatic heterocycles. The summed E-state index contributed by atoms with van der Waals surface area (Å²) in [6.07, 6.45) is 0. The third-order valence-electron chi connectivity index (χ3n) is 5.68. The minimum absolute atomic E-state index is 0.178. The number of nitrogens with one attached hydrogen (secondary N) is 2. The van der Waals surface area contributed by atoms with Crippen LogP contribution in [0.1, 0.15) is 31.8 Å². The van der Waals surface area contributed by atoms with Gasteiger partial charge in [-0.15, -0.1) is 0 Å². The van der Waals surface area contributed by atoms with E-state index in [4.69, 9.17) is 69.6 Å². The molecule has 1 aliphatic rings. The molecule has 1 aliphatic carbocycles. The second-order valence-corrected chi connectivity index (χ2v) is 10.1. The summed E-state index contributed by atoms with van der Waals surface area (Å²) in [5.41, 5.74) is 2.62. The van der Waals surface area contributed by atoms with Crippen molar-refractivity contribution in [3.8, 4) is 0 Å². The number of hydrogen-bond acceptors (Lipinski definition) is 4. The summed E-state index contributed by atoms with van der Waals surface area (Å²) in [5.74, 6) is -0.662. The molecule has 5 rings (SSSR count). The highest BCUT2D eigenvalue weighted by Crippen LogP contribution is 2.42. The lowest BCUT2D eigenvalue weighted by Crippen LogP contribution is -2.23. The molecule has 4 aromatic rings. The number of anilines is 4. The summed E-state index contributed by atoms with van der Waals surface area (Å²) in [6.45, 7) is 0. The van der Waals surface area contributed by atoms with Gasteiger partial charge in [-0.1, -0.05) is 93.9 Å². The summed E-state index contributed by atoms with van der Waals surface area (Å²) in [5, 5.41) is 7.57. The van der Waals surface area contributed by atoms with Crippen molar-refractivity contribution in [1.29, 1.82) is 0 Å². The predicted molar refractivity (Wildman–Crippen MR) is 149 cm³/mol. The average molecular weight is 597 g/mol. The van der Waals surface area contributed by atoms with Crippen LogP contribution >= 0.6 is 69.6 Å². The maximum atomic E-state index is 13.7. The van der Waals surface area contributed by atoms with E-state index in [-0.39, 0.29) is 53.9 Å². The van der Waals surface area contributed by atoms with Crippen LogP contribution in [-0.4, -0.2) is 11.6 Å². The van der Waals surface area contributed by atoms with Gasteiger partial charge in [0.25, 0.3) is 0 Å². The van der Waals surface area contributed by atoms with Crippen LogP contribution in [0, 0.1) is 0 Å². The van der Waals surface area contributed by atoms with Gasteiger partial charge < -0.3 is 10.6 Å². The number of carbonyl (C=O) groups is 2. The van der Waals surface area contributed by atoms with Gasteiger partial charge in [-0.2, -0.15) is 0 Å². The number of carbonyl (C=O) groups excluding carboxylic acids is 2. The van der Waals surface area contributed by atoms with Gasteiger partial charge in [-0.25, -0.2) is 0 Å². The van der Waals surface area contributed by atoms with Crippen LogP contribution in [0.15, 0.2) is 60.7 Å². The molecule has 0 saturated carbocycles. The second kappa shape index (κ2) is 9.79. The second-order valence-electron chi connectivity index (χ2n) is 7.81. The molecule has 4 nitrogen and oxygen atoms in total. The van der Waals surface area contributed by atoms with E-state index in [1.807, 2.05) is 0 Å². The zero-order valence-electron chi connectivity index (χ0n) is 17.9. The van der Waals surface area contributed by atoms with Gasteiger partial charge in [0.05, 0.1) is 64.0 Å². The van der Waals surface area contributed by atoms with Crippen molar-refractivity contribution in [3.05, 3.63) is 113 Å². The predicted octanol–water partition coefficient (Wildman–Crippen LogP) is 9.87. The van der Waals surface area contributed by atoms with E-state index in [0.717, 1.165) is 0 Å². The average Bonchev–Trinajstić information content (AvgIpc) is 2.87. The first-order chi connectivity index (χ1) is 17.2. The quantitative estimate of drug-likeness (QED) is 0.203. The van der Waals surface area contributed by atoms with Crippen molar-refractivity contribution in [3.63, 3.8) is 0 Å². The third kappa shape index (κ3) is 4.22. The minimum Gasteiger partial charge on any atom is -0.354 e.